The van der Waals surface area contributed by atoms with Gasteiger partial charge in [-0.15, -0.1) is 0 Å². The van der Waals surface area contributed by atoms with Crippen molar-refractivity contribution in [1.29, 1.82) is 0 Å². The van der Waals surface area contributed by atoms with Crippen molar-refractivity contribution in [1.82, 2.24) is 0 Å². The van der Waals surface area contributed by atoms with Crippen LogP contribution in [-0.2, 0) is 0 Å². The van der Waals surface area contributed by atoms with Gasteiger partial charge in [-0.3, -0.25) is 10.1 Å². The zero-order valence-corrected chi connectivity index (χ0v) is 6.69. The van der Waals surface area contributed by atoms with Crippen LogP contribution < -0.4 is 0 Å². The highest BCUT2D eigenvalue weighted by Gasteiger charge is 2.07. The van der Waals surface area contributed by atoms with Gasteiger partial charge in [-0.1, -0.05) is 6.92 Å². The maximum atomic E-state index is 10.4. The molecule has 0 saturated carbocycles. The van der Waals surface area contributed by atoms with Crippen LogP contribution in [0, 0.1) is 10.1 Å². The predicted octanol–water partition coefficient (Wildman–Crippen LogP) is 2.31. The van der Waals surface area contributed by atoms with Gasteiger partial charge in [0, 0.05) is 6.42 Å². The van der Waals surface area contributed by atoms with Crippen molar-refractivity contribution in [3.05, 3.63) is 40.0 Å². The number of nitro groups is 1. The Hall–Kier alpha value is -1.58. The van der Waals surface area contributed by atoms with E-state index in [0.29, 0.717) is 12.2 Å². The first-order chi connectivity index (χ1) is 5.74. The van der Waals surface area contributed by atoms with Crippen molar-refractivity contribution in [3.8, 4) is 0 Å². The zero-order valence-electron chi connectivity index (χ0n) is 6.69. The molecule has 4 heteroatoms. The number of furan rings is 1. The van der Waals surface area contributed by atoms with Gasteiger partial charge in [0.05, 0.1) is 17.3 Å². The molecular weight excluding hydrogens is 158 g/mol. The van der Waals surface area contributed by atoms with Gasteiger partial charge >= 0.3 is 0 Å². The molecule has 64 valence electrons. The molecule has 12 heavy (non-hydrogen) atoms. The first-order valence-corrected chi connectivity index (χ1v) is 3.62. The molecule has 1 aromatic heterocycles. The summed E-state index contributed by atoms with van der Waals surface area (Å²) in [6.45, 7) is 1.73. The van der Waals surface area contributed by atoms with E-state index >= 15 is 0 Å². The molecule has 0 aromatic carbocycles. The highest BCUT2D eigenvalue weighted by Crippen LogP contribution is 2.10. The molecule has 0 unspecified atom stereocenters. The number of allylic oxidation sites excluding steroid dienone is 1. The molecule has 0 aliphatic rings. The first kappa shape index (κ1) is 8.52. The molecule has 0 radical (unpaired) electrons. The lowest BCUT2D eigenvalue weighted by atomic mass is 10.3. The molecule has 0 saturated heterocycles. The summed E-state index contributed by atoms with van der Waals surface area (Å²) in [5.74, 6) is 0.517. The van der Waals surface area contributed by atoms with Gasteiger partial charge in [0.15, 0.2) is 0 Å². The fraction of sp³-hybridized carbons (Fsp3) is 0.250. The Morgan fingerprint density at radius 3 is 3.00 bits per heavy atom. The average molecular weight is 167 g/mol. The Kier molecular flexibility index (Phi) is 2.63. The van der Waals surface area contributed by atoms with Gasteiger partial charge in [-0.2, -0.15) is 0 Å². The second-order valence-corrected chi connectivity index (χ2v) is 2.26. The van der Waals surface area contributed by atoms with Crippen LogP contribution >= 0.6 is 0 Å². The molecule has 1 heterocycles. The minimum absolute atomic E-state index is 0.157. The smallest absolute Gasteiger partial charge is 0.249 e. The van der Waals surface area contributed by atoms with Crippen LogP contribution in [0.1, 0.15) is 19.1 Å². The van der Waals surface area contributed by atoms with E-state index in [-0.39, 0.29) is 5.70 Å². The molecule has 0 amide bonds. The molecule has 0 N–H and O–H groups in total. The number of hydrogen-bond acceptors (Lipinski definition) is 3. The van der Waals surface area contributed by atoms with Gasteiger partial charge in [-0.05, 0) is 12.1 Å². The molecule has 4 nitrogen and oxygen atoms in total. The third-order valence-corrected chi connectivity index (χ3v) is 1.45. The lowest BCUT2D eigenvalue weighted by molar-refractivity contribution is -0.425. The maximum absolute atomic E-state index is 10.4. The SMILES string of the molecule is CCC(=Cc1ccco1)[N+](=O)[O-]. The second-order valence-electron chi connectivity index (χ2n) is 2.26. The fourth-order valence-electron chi connectivity index (χ4n) is 0.821. The van der Waals surface area contributed by atoms with Crippen molar-refractivity contribution in [3.63, 3.8) is 0 Å². The third kappa shape index (κ3) is 1.95. The average Bonchev–Trinajstić information content (AvgIpc) is 2.51. The minimum atomic E-state index is -0.400. The van der Waals surface area contributed by atoms with Crippen molar-refractivity contribution < 1.29 is 9.34 Å². The predicted molar refractivity (Wildman–Crippen MR) is 44.0 cm³/mol. The lowest BCUT2D eigenvalue weighted by Crippen LogP contribution is -1.95. The van der Waals surface area contributed by atoms with Crippen LogP contribution in [0.15, 0.2) is 28.5 Å². The summed E-state index contributed by atoms with van der Waals surface area (Å²) in [5, 5.41) is 10.4. The van der Waals surface area contributed by atoms with E-state index in [4.69, 9.17) is 4.42 Å². The zero-order chi connectivity index (χ0) is 8.97. The summed E-state index contributed by atoms with van der Waals surface area (Å²) in [6, 6.07) is 3.37. The highest BCUT2D eigenvalue weighted by molar-refractivity contribution is 5.44. The highest BCUT2D eigenvalue weighted by atomic mass is 16.6. The molecule has 0 atom stereocenters. The largest absolute Gasteiger partial charge is 0.465 e. The van der Waals surface area contributed by atoms with Crippen LogP contribution in [0.2, 0.25) is 0 Å². The van der Waals surface area contributed by atoms with Crippen molar-refractivity contribution in [2.24, 2.45) is 0 Å². The quantitative estimate of drug-likeness (QED) is 0.512. The first-order valence-electron chi connectivity index (χ1n) is 3.62. The summed E-state index contributed by atoms with van der Waals surface area (Å²) < 4.78 is 4.94. The number of rotatable bonds is 3. The Balaban J connectivity index is 2.85. The second kappa shape index (κ2) is 3.71. The van der Waals surface area contributed by atoms with E-state index in [2.05, 4.69) is 0 Å². The van der Waals surface area contributed by atoms with Crippen molar-refractivity contribution in [2.75, 3.05) is 0 Å². The van der Waals surface area contributed by atoms with E-state index < -0.39 is 4.92 Å². The maximum Gasteiger partial charge on any atom is 0.249 e. The van der Waals surface area contributed by atoms with Gasteiger partial charge in [0.2, 0.25) is 5.70 Å². The molecule has 1 rings (SSSR count). The van der Waals surface area contributed by atoms with Gasteiger partial charge in [0.1, 0.15) is 5.76 Å². The van der Waals surface area contributed by atoms with Gasteiger partial charge < -0.3 is 4.42 Å². The fourth-order valence-corrected chi connectivity index (χ4v) is 0.821. The van der Waals surface area contributed by atoms with Crippen molar-refractivity contribution in [2.45, 2.75) is 13.3 Å². The molecule has 0 fully saturated rings. The van der Waals surface area contributed by atoms with E-state index in [0.717, 1.165) is 0 Å². The molecule has 1 aromatic rings. The third-order valence-electron chi connectivity index (χ3n) is 1.45. The normalized spacial score (nSPS) is 11.6. The van der Waals surface area contributed by atoms with Crippen LogP contribution in [0.5, 0.6) is 0 Å². The van der Waals surface area contributed by atoms with Crippen LogP contribution in [0.4, 0.5) is 0 Å². The monoisotopic (exact) mass is 167 g/mol. The van der Waals surface area contributed by atoms with Crippen LogP contribution in [0.3, 0.4) is 0 Å². The standard InChI is InChI=1S/C8H9NO3/c1-2-7(9(10)11)6-8-4-3-5-12-8/h3-6H,2H2,1H3. The summed E-state index contributed by atoms with van der Waals surface area (Å²) in [7, 11) is 0. The van der Waals surface area contributed by atoms with Crippen molar-refractivity contribution >= 4 is 6.08 Å². The minimum Gasteiger partial charge on any atom is -0.465 e. The van der Waals surface area contributed by atoms with E-state index in [1.54, 1.807) is 19.1 Å². The molecule has 0 aliphatic heterocycles. The molecule has 0 aliphatic carbocycles. The summed E-state index contributed by atoms with van der Waals surface area (Å²) in [5.41, 5.74) is 0.157. The van der Waals surface area contributed by atoms with E-state index in [1.165, 1.54) is 12.3 Å². The Bertz CT molecular complexity index is 287. The topological polar surface area (TPSA) is 56.3 Å². The summed E-state index contributed by atoms with van der Waals surface area (Å²) >= 11 is 0. The van der Waals surface area contributed by atoms with E-state index in [9.17, 15) is 10.1 Å². The summed E-state index contributed by atoms with van der Waals surface area (Å²) in [6.07, 6.45) is 3.31. The van der Waals surface area contributed by atoms with Gasteiger partial charge in [0.25, 0.3) is 0 Å². The number of nitrogens with zero attached hydrogens (tertiary/aromatic N) is 1. The van der Waals surface area contributed by atoms with E-state index in [1.807, 2.05) is 0 Å². The molecule has 0 spiro atoms. The lowest BCUT2D eigenvalue weighted by Gasteiger charge is -1.90. The summed E-state index contributed by atoms with van der Waals surface area (Å²) in [4.78, 5) is 9.95. The molecule has 0 bridgehead atoms. The van der Waals surface area contributed by atoms with Gasteiger partial charge in [-0.25, -0.2) is 0 Å². The Morgan fingerprint density at radius 1 is 1.83 bits per heavy atom. The van der Waals surface area contributed by atoms with Crippen LogP contribution in [-0.4, -0.2) is 4.92 Å². The Morgan fingerprint density at radius 2 is 2.58 bits per heavy atom. The molecular formula is C8H9NO3. The Labute approximate surface area is 69.6 Å². The number of hydrogen-bond donors (Lipinski definition) is 0. The van der Waals surface area contributed by atoms with Crippen LogP contribution in [0.25, 0.3) is 6.08 Å².